The van der Waals surface area contributed by atoms with Gasteiger partial charge in [0.1, 0.15) is 5.75 Å². The number of aromatic hydroxyl groups is 1. The average molecular weight is 235 g/mol. The van der Waals surface area contributed by atoms with Gasteiger partial charge in [0, 0.05) is 18.7 Å². The molecule has 0 saturated carbocycles. The topological polar surface area (TPSA) is 41.5 Å². The lowest BCUT2D eigenvalue weighted by atomic mass is 10.0. The molecule has 1 aromatic carbocycles. The summed E-state index contributed by atoms with van der Waals surface area (Å²) in [6.45, 7) is 3.89. The molecule has 1 aromatic rings. The molecule has 2 unspecified atom stereocenters. The molecule has 1 fully saturated rings. The van der Waals surface area contributed by atoms with Crippen LogP contribution in [0.1, 0.15) is 37.8 Å². The number of phenolic OH excluding ortho intramolecular Hbond substituents is 1. The van der Waals surface area contributed by atoms with Gasteiger partial charge in [-0.25, -0.2) is 0 Å². The van der Waals surface area contributed by atoms with Gasteiger partial charge in [0.05, 0.1) is 6.61 Å². The number of hydrogen-bond donors (Lipinski definition) is 2. The van der Waals surface area contributed by atoms with Crippen LogP contribution < -0.4 is 5.32 Å². The van der Waals surface area contributed by atoms with Gasteiger partial charge in [-0.1, -0.05) is 19.1 Å². The van der Waals surface area contributed by atoms with Crippen LogP contribution in [0.2, 0.25) is 0 Å². The Balaban J connectivity index is 1.97. The van der Waals surface area contributed by atoms with Gasteiger partial charge in [-0.3, -0.25) is 0 Å². The Bertz CT molecular complexity index is 331. The number of ether oxygens (including phenoxy) is 1. The van der Waals surface area contributed by atoms with Crippen LogP contribution in [0.25, 0.3) is 0 Å². The number of benzene rings is 1. The first-order valence-corrected chi connectivity index (χ1v) is 6.42. The highest BCUT2D eigenvalue weighted by Gasteiger charge is 2.18. The largest absolute Gasteiger partial charge is 0.508 e. The molecule has 17 heavy (non-hydrogen) atoms. The third kappa shape index (κ3) is 3.45. The van der Waals surface area contributed by atoms with Crippen molar-refractivity contribution in [1.82, 2.24) is 5.32 Å². The van der Waals surface area contributed by atoms with Crippen LogP contribution in [0.3, 0.4) is 0 Å². The Morgan fingerprint density at radius 3 is 2.76 bits per heavy atom. The third-order valence-electron chi connectivity index (χ3n) is 3.30. The molecule has 0 spiro atoms. The highest BCUT2D eigenvalue weighted by Crippen LogP contribution is 2.21. The maximum atomic E-state index is 9.29. The van der Waals surface area contributed by atoms with Crippen molar-refractivity contribution in [3.8, 4) is 5.75 Å². The summed E-state index contributed by atoms with van der Waals surface area (Å²) in [6, 6.07) is 8.28. The molecule has 0 bridgehead atoms. The normalized spacial score (nSPS) is 22.3. The van der Waals surface area contributed by atoms with Gasteiger partial charge in [-0.15, -0.1) is 0 Å². The summed E-state index contributed by atoms with van der Waals surface area (Å²) in [5.41, 5.74) is 1.23. The van der Waals surface area contributed by atoms with Crippen molar-refractivity contribution in [2.24, 2.45) is 0 Å². The second-order valence-corrected chi connectivity index (χ2v) is 4.63. The third-order valence-corrected chi connectivity index (χ3v) is 3.30. The van der Waals surface area contributed by atoms with E-state index in [1.807, 2.05) is 12.1 Å². The molecular formula is C14H21NO2. The van der Waals surface area contributed by atoms with Crippen LogP contribution >= 0.6 is 0 Å². The summed E-state index contributed by atoms with van der Waals surface area (Å²) < 4.78 is 5.48. The van der Waals surface area contributed by atoms with Crippen LogP contribution in [0.5, 0.6) is 5.75 Å². The number of rotatable bonds is 4. The molecule has 1 aliphatic heterocycles. The molecule has 0 aliphatic carbocycles. The number of hydrogen-bond acceptors (Lipinski definition) is 3. The van der Waals surface area contributed by atoms with Crippen molar-refractivity contribution < 1.29 is 9.84 Å². The molecule has 2 N–H and O–H groups in total. The van der Waals surface area contributed by atoms with Gasteiger partial charge < -0.3 is 15.2 Å². The van der Waals surface area contributed by atoms with Crippen molar-refractivity contribution in [3.05, 3.63) is 29.8 Å². The molecule has 94 valence electrons. The first kappa shape index (κ1) is 12.4. The van der Waals surface area contributed by atoms with Crippen LogP contribution in [0, 0.1) is 0 Å². The van der Waals surface area contributed by atoms with E-state index in [1.165, 1.54) is 12.0 Å². The molecule has 3 heteroatoms. The maximum absolute atomic E-state index is 9.29. The Morgan fingerprint density at radius 1 is 1.41 bits per heavy atom. The van der Waals surface area contributed by atoms with E-state index in [9.17, 15) is 5.11 Å². The van der Waals surface area contributed by atoms with Gasteiger partial charge >= 0.3 is 0 Å². The zero-order valence-corrected chi connectivity index (χ0v) is 10.4. The summed E-state index contributed by atoms with van der Waals surface area (Å²) in [5, 5.41) is 12.9. The number of nitrogens with one attached hydrogen (secondary N) is 1. The SMILES string of the molecule is CCC(NC1CCCOC1)c1ccc(O)cc1. The predicted molar refractivity (Wildman–Crippen MR) is 68.1 cm³/mol. The van der Waals surface area contributed by atoms with Crippen molar-refractivity contribution in [2.75, 3.05) is 13.2 Å². The van der Waals surface area contributed by atoms with E-state index in [2.05, 4.69) is 12.2 Å². The van der Waals surface area contributed by atoms with Crippen molar-refractivity contribution in [3.63, 3.8) is 0 Å². The molecule has 0 amide bonds. The molecule has 0 aromatic heterocycles. The van der Waals surface area contributed by atoms with Gasteiger partial charge in [-0.05, 0) is 37.0 Å². The van der Waals surface area contributed by atoms with Gasteiger partial charge in [0.2, 0.25) is 0 Å². The van der Waals surface area contributed by atoms with E-state index in [-0.39, 0.29) is 0 Å². The van der Waals surface area contributed by atoms with E-state index in [0.29, 0.717) is 17.8 Å². The molecular weight excluding hydrogens is 214 g/mol. The first-order chi connectivity index (χ1) is 8.29. The Kier molecular flexibility index (Phi) is 4.40. The minimum absolute atomic E-state index is 0.324. The number of phenols is 1. The Labute approximate surface area is 103 Å². The highest BCUT2D eigenvalue weighted by molar-refractivity contribution is 5.28. The summed E-state index contributed by atoms with van der Waals surface area (Å²) in [6.07, 6.45) is 3.37. The fraction of sp³-hybridized carbons (Fsp3) is 0.571. The summed E-state index contributed by atoms with van der Waals surface area (Å²) in [4.78, 5) is 0. The van der Waals surface area contributed by atoms with Crippen LogP contribution in [-0.4, -0.2) is 24.4 Å². The fourth-order valence-corrected chi connectivity index (χ4v) is 2.31. The lowest BCUT2D eigenvalue weighted by molar-refractivity contribution is 0.0661. The zero-order chi connectivity index (χ0) is 12.1. The van der Waals surface area contributed by atoms with Crippen LogP contribution in [0.15, 0.2) is 24.3 Å². The second kappa shape index (κ2) is 6.03. The lowest BCUT2D eigenvalue weighted by Crippen LogP contribution is -2.38. The van der Waals surface area contributed by atoms with Crippen molar-refractivity contribution in [1.29, 1.82) is 0 Å². The molecule has 3 nitrogen and oxygen atoms in total. The monoisotopic (exact) mass is 235 g/mol. The van der Waals surface area contributed by atoms with Crippen molar-refractivity contribution >= 4 is 0 Å². The quantitative estimate of drug-likeness (QED) is 0.843. The van der Waals surface area contributed by atoms with Crippen LogP contribution in [0.4, 0.5) is 0 Å². The maximum Gasteiger partial charge on any atom is 0.115 e. The van der Waals surface area contributed by atoms with Gasteiger partial charge in [0.15, 0.2) is 0 Å². The second-order valence-electron chi connectivity index (χ2n) is 4.63. The van der Waals surface area contributed by atoms with E-state index in [4.69, 9.17) is 4.74 Å². The average Bonchev–Trinajstić information content (AvgIpc) is 2.38. The van der Waals surface area contributed by atoms with E-state index >= 15 is 0 Å². The minimum Gasteiger partial charge on any atom is -0.508 e. The fourth-order valence-electron chi connectivity index (χ4n) is 2.31. The van der Waals surface area contributed by atoms with Gasteiger partial charge in [-0.2, -0.15) is 0 Å². The molecule has 2 rings (SSSR count). The summed E-state index contributed by atoms with van der Waals surface area (Å²) >= 11 is 0. The molecule has 2 atom stereocenters. The molecule has 1 aliphatic rings. The standard InChI is InChI=1S/C14H21NO2/c1-2-14(11-5-7-13(16)8-6-11)15-12-4-3-9-17-10-12/h5-8,12,14-16H,2-4,9-10H2,1H3. The Morgan fingerprint density at radius 2 is 2.18 bits per heavy atom. The Hall–Kier alpha value is -1.06. The first-order valence-electron chi connectivity index (χ1n) is 6.42. The van der Waals surface area contributed by atoms with E-state index < -0.39 is 0 Å². The summed E-state index contributed by atoms with van der Waals surface area (Å²) in [7, 11) is 0. The predicted octanol–water partition coefficient (Wildman–Crippen LogP) is 2.61. The molecule has 0 radical (unpaired) electrons. The highest BCUT2D eigenvalue weighted by atomic mass is 16.5. The molecule has 1 heterocycles. The lowest BCUT2D eigenvalue weighted by Gasteiger charge is -2.28. The smallest absolute Gasteiger partial charge is 0.115 e. The van der Waals surface area contributed by atoms with Crippen LogP contribution in [-0.2, 0) is 4.74 Å². The minimum atomic E-state index is 0.324. The zero-order valence-electron chi connectivity index (χ0n) is 10.4. The van der Waals surface area contributed by atoms with E-state index in [0.717, 1.165) is 26.1 Å². The molecule has 1 saturated heterocycles. The summed E-state index contributed by atoms with van der Waals surface area (Å²) in [5.74, 6) is 0.324. The van der Waals surface area contributed by atoms with E-state index in [1.54, 1.807) is 12.1 Å². The van der Waals surface area contributed by atoms with Gasteiger partial charge in [0.25, 0.3) is 0 Å². The van der Waals surface area contributed by atoms with Crippen molar-refractivity contribution in [2.45, 2.75) is 38.3 Å².